The first-order chi connectivity index (χ1) is 18.9. The molecule has 0 spiro atoms. The summed E-state index contributed by atoms with van der Waals surface area (Å²) in [6.07, 6.45) is 23.0. The Morgan fingerprint density at radius 3 is 2.23 bits per heavy atom. The smallest absolute Gasteiger partial charge is 0.307 e. The van der Waals surface area contributed by atoms with Crippen LogP contribution in [0.15, 0.2) is 74.4 Å². The Morgan fingerprint density at radius 1 is 1.13 bits per heavy atom. The monoisotopic (exact) mass is 550 g/mol. The van der Waals surface area contributed by atoms with Crippen molar-refractivity contribution in [1.82, 2.24) is 9.97 Å². The zero-order chi connectivity index (χ0) is 29.9. The molecule has 2 N–H and O–H groups in total. The molecule has 1 aromatic heterocycles. The molecule has 0 saturated heterocycles. The third-order valence-corrected chi connectivity index (χ3v) is 5.19. The van der Waals surface area contributed by atoms with Crippen LogP contribution in [0.5, 0.6) is 0 Å². The lowest BCUT2D eigenvalue weighted by Crippen LogP contribution is -2.24. The van der Waals surface area contributed by atoms with E-state index in [2.05, 4.69) is 80.4 Å². The van der Waals surface area contributed by atoms with Crippen molar-refractivity contribution in [2.24, 2.45) is 0 Å². The molecule has 212 valence electrons. The van der Waals surface area contributed by atoms with E-state index < -0.39 is 5.97 Å². The van der Waals surface area contributed by atoms with E-state index in [0.717, 1.165) is 48.6 Å². The van der Waals surface area contributed by atoms with Gasteiger partial charge in [0.25, 0.3) is 0 Å². The summed E-state index contributed by atoms with van der Waals surface area (Å²) >= 11 is 5.70. The number of alkyl halides is 1. The average molecular weight is 551 g/mol. The van der Waals surface area contributed by atoms with Gasteiger partial charge in [0.2, 0.25) is 0 Å². The summed E-state index contributed by atoms with van der Waals surface area (Å²) in [5, 5.41) is 9.97. The number of terminal acetylenes is 1. The van der Waals surface area contributed by atoms with Gasteiger partial charge in [-0.15, -0.1) is 43.7 Å². The number of aliphatic carboxylic acids is 1. The maximum absolute atomic E-state index is 9.53. The molecule has 0 aliphatic carbocycles. The summed E-state index contributed by atoms with van der Waals surface area (Å²) in [6, 6.07) is 8.84. The summed E-state index contributed by atoms with van der Waals surface area (Å²) in [5.74, 6) is 3.31. The predicted molar refractivity (Wildman–Crippen MR) is 171 cm³/mol. The maximum atomic E-state index is 9.53. The van der Waals surface area contributed by atoms with E-state index in [-0.39, 0.29) is 6.42 Å². The molecule has 0 aliphatic heterocycles. The molecule has 2 aromatic rings. The van der Waals surface area contributed by atoms with Crippen molar-refractivity contribution in [2.75, 3.05) is 5.88 Å². The van der Waals surface area contributed by atoms with Gasteiger partial charge in [0.1, 0.15) is 5.82 Å². The van der Waals surface area contributed by atoms with Gasteiger partial charge in [0.05, 0.1) is 17.1 Å². The van der Waals surface area contributed by atoms with Crippen LogP contribution < -0.4 is 10.7 Å². The highest BCUT2D eigenvalue weighted by Gasteiger charge is 2.06. The molecule has 0 aliphatic rings. The number of nitrogens with zero attached hydrogens (tertiary/aromatic N) is 1. The number of nitrogens with one attached hydrogen (secondary N) is 1. The lowest BCUT2D eigenvalue weighted by molar-refractivity contribution is -0.135. The fraction of sp³-hybridized carbons (Fsp3) is 0.353. The summed E-state index contributed by atoms with van der Waals surface area (Å²) in [6.45, 7) is 18.8. The second-order valence-electron chi connectivity index (χ2n) is 7.96. The van der Waals surface area contributed by atoms with Gasteiger partial charge in [0, 0.05) is 18.2 Å². The van der Waals surface area contributed by atoms with Crippen LogP contribution in [0.4, 0.5) is 0 Å². The van der Waals surface area contributed by atoms with Crippen LogP contribution in [-0.2, 0) is 17.6 Å². The van der Waals surface area contributed by atoms with Gasteiger partial charge in [0.15, 0.2) is 0 Å². The fourth-order valence-electron chi connectivity index (χ4n) is 3.28. The van der Waals surface area contributed by atoms with Crippen molar-refractivity contribution in [3.05, 3.63) is 102 Å². The number of hydrogen-bond acceptors (Lipinski definition) is 2. The van der Waals surface area contributed by atoms with Gasteiger partial charge in [-0.3, -0.25) is 4.79 Å². The third-order valence-electron chi connectivity index (χ3n) is 5.01. The van der Waals surface area contributed by atoms with Gasteiger partial charge in [-0.2, -0.15) is 0 Å². The first-order valence-electron chi connectivity index (χ1n) is 13.4. The van der Waals surface area contributed by atoms with E-state index in [0.29, 0.717) is 11.8 Å². The second kappa shape index (κ2) is 26.1. The van der Waals surface area contributed by atoms with E-state index in [9.17, 15) is 4.79 Å². The van der Waals surface area contributed by atoms with Crippen molar-refractivity contribution in [1.29, 1.82) is 0 Å². The highest BCUT2D eigenvalue weighted by Crippen LogP contribution is 2.23. The van der Waals surface area contributed by atoms with Crippen LogP contribution in [0.25, 0.3) is 12.2 Å². The predicted octanol–water partition coefficient (Wildman–Crippen LogP) is 7.51. The Labute approximate surface area is 241 Å². The Kier molecular flexibility index (Phi) is 25.1. The summed E-state index contributed by atoms with van der Waals surface area (Å²) in [7, 11) is 0. The number of allylic oxidation sites excluding steroid dienone is 4. The molecule has 1 atom stereocenters. The number of benzene rings is 1. The third kappa shape index (κ3) is 18.4. The zero-order valence-electron chi connectivity index (χ0n) is 24.3. The largest absolute Gasteiger partial charge is 0.481 e. The fourth-order valence-corrected chi connectivity index (χ4v) is 3.41. The first-order valence-corrected chi connectivity index (χ1v) is 13.9. The number of H-pyrrole nitrogens is 1. The van der Waals surface area contributed by atoms with E-state index in [1.807, 2.05) is 38.2 Å². The number of imidazole rings is 1. The first kappa shape index (κ1) is 37.6. The molecule has 0 fully saturated rings. The van der Waals surface area contributed by atoms with Crippen molar-refractivity contribution in [3.8, 4) is 12.3 Å². The van der Waals surface area contributed by atoms with Crippen LogP contribution in [0, 0.1) is 12.3 Å². The number of carboxylic acids is 1. The lowest BCUT2D eigenvalue weighted by Gasteiger charge is -2.12. The molecule has 5 heteroatoms. The van der Waals surface area contributed by atoms with E-state index in [1.54, 1.807) is 6.92 Å². The molecule has 1 aromatic carbocycles. The number of aromatic nitrogens is 2. The molecular formula is C34H47ClN2O2. The molecule has 0 saturated carbocycles. The average Bonchev–Trinajstić information content (AvgIpc) is 3.32. The van der Waals surface area contributed by atoms with Crippen LogP contribution in [0.3, 0.4) is 0 Å². The maximum Gasteiger partial charge on any atom is 0.307 e. The minimum Gasteiger partial charge on any atom is -0.481 e. The summed E-state index contributed by atoms with van der Waals surface area (Å²) in [5.41, 5.74) is 2.60. The highest BCUT2D eigenvalue weighted by molar-refractivity contribution is 6.18. The van der Waals surface area contributed by atoms with Crippen molar-refractivity contribution in [2.45, 2.75) is 72.1 Å². The lowest BCUT2D eigenvalue weighted by atomic mass is 9.93. The molecule has 4 nitrogen and oxygen atoms in total. The van der Waals surface area contributed by atoms with Gasteiger partial charge >= 0.3 is 5.97 Å². The van der Waals surface area contributed by atoms with Crippen LogP contribution in [0.2, 0.25) is 0 Å². The SMILES string of the molecule is C#CC.C=CCC(=O)O.C=CCCC(C=C)c1ccc(C/C=c2/nc(C/C=C/CCl)[nH]/c2=C/CC)cc1.CC. The van der Waals surface area contributed by atoms with Crippen molar-refractivity contribution in [3.63, 3.8) is 0 Å². The Balaban J connectivity index is 0. The highest BCUT2D eigenvalue weighted by atomic mass is 35.5. The molecule has 0 radical (unpaired) electrons. The zero-order valence-corrected chi connectivity index (χ0v) is 25.0. The Morgan fingerprint density at radius 2 is 1.77 bits per heavy atom. The van der Waals surface area contributed by atoms with Crippen molar-refractivity contribution >= 4 is 29.7 Å². The summed E-state index contributed by atoms with van der Waals surface area (Å²) < 4.78 is 0. The minimum atomic E-state index is -0.829. The van der Waals surface area contributed by atoms with Gasteiger partial charge in [-0.05, 0) is 43.7 Å². The van der Waals surface area contributed by atoms with E-state index in [1.165, 1.54) is 17.2 Å². The van der Waals surface area contributed by atoms with Gasteiger partial charge in [-0.1, -0.05) is 87.6 Å². The van der Waals surface area contributed by atoms with Crippen molar-refractivity contribution < 1.29 is 9.90 Å². The quantitative estimate of drug-likeness (QED) is 0.154. The number of carboxylic acid groups (broad SMARTS) is 1. The number of carbonyl (C=O) groups is 1. The molecular weight excluding hydrogens is 504 g/mol. The normalized spacial score (nSPS) is 11.5. The van der Waals surface area contributed by atoms with E-state index in [4.69, 9.17) is 21.7 Å². The number of hydrogen-bond donors (Lipinski definition) is 2. The Hall–Kier alpha value is -3.55. The van der Waals surface area contributed by atoms with Crippen LogP contribution in [-0.4, -0.2) is 26.9 Å². The topological polar surface area (TPSA) is 66.0 Å². The molecule has 1 unspecified atom stereocenters. The standard InChI is InChI=1S/C25H31ClN2.C4H6O2.C3H4.C2H6/c1-4-7-11-21(6-3)22-16-13-20(14-17-22)15-18-24-23(10-5-2)27-25(28-24)12-8-9-19-26;1-2-3-4(5)6;1-3-2;1-2/h4,6,8-10,13-14,16-18,21H,1,3,5,7,11-12,15,19H2,2H3,(H,27,28);2H,1,3H2,(H,5,6);1H,2H3;1-2H3/b9-8+,23-10+,24-18+;;;. The summed E-state index contributed by atoms with van der Waals surface area (Å²) in [4.78, 5) is 17.7. The number of aromatic amines is 1. The van der Waals surface area contributed by atoms with Gasteiger partial charge < -0.3 is 10.1 Å². The van der Waals surface area contributed by atoms with Gasteiger partial charge in [-0.25, -0.2) is 4.98 Å². The second-order valence-corrected chi connectivity index (χ2v) is 8.27. The number of halogens is 1. The molecule has 0 bridgehead atoms. The van der Waals surface area contributed by atoms with Crippen LogP contribution >= 0.6 is 11.6 Å². The van der Waals surface area contributed by atoms with Crippen LogP contribution in [0.1, 0.15) is 76.2 Å². The number of rotatable bonds is 13. The molecule has 1 heterocycles. The minimum absolute atomic E-state index is 0.0556. The molecule has 2 rings (SSSR count). The molecule has 0 amide bonds. The molecule has 39 heavy (non-hydrogen) atoms. The van der Waals surface area contributed by atoms with E-state index >= 15 is 0 Å². The Bertz CT molecular complexity index is 1140.